The standard InChI is InChI=1S/C13H22N2O2/c1-9(2)15-8-14-7-10(15)11-16-12(3,4)13(5,6)17-11/h7-9,11H,1-6H3. The second-order valence-corrected chi connectivity index (χ2v) is 5.91. The molecule has 0 saturated carbocycles. The molecule has 0 aromatic carbocycles. The van der Waals surface area contributed by atoms with Gasteiger partial charge in [-0.15, -0.1) is 0 Å². The second kappa shape index (κ2) is 3.82. The number of imidazole rings is 1. The van der Waals surface area contributed by atoms with E-state index in [1.165, 1.54) is 0 Å². The van der Waals surface area contributed by atoms with Crippen LogP contribution < -0.4 is 0 Å². The summed E-state index contributed by atoms with van der Waals surface area (Å²) in [7, 11) is 0. The second-order valence-electron chi connectivity index (χ2n) is 5.91. The SMILES string of the molecule is CC(C)n1cncc1C1OC(C)(C)C(C)(C)O1. The van der Waals surface area contributed by atoms with Crippen molar-refractivity contribution in [3.63, 3.8) is 0 Å². The third-order valence-electron chi connectivity index (χ3n) is 3.75. The summed E-state index contributed by atoms with van der Waals surface area (Å²) < 4.78 is 14.1. The lowest BCUT2D eigenvalue weighted by Gasteiger charge is -2.30. The summed E-state index contributed by atoms with van der Waals surface area (Å²) in [6.07, 6.45) is 3.32. The summed E-state index contributed by atoms with van der Waals surface area (Å²) in [6, 6.07) is 0.353. The van der Waals surface area contributed by atoms with Gasteiger partial charge in [-0.1, -0.05) is 0 Å². The van der Waals surface area contributed by atoms with Crippen molar-refractivity contribution in [1.82, 2.24) is 9.55 Å². The van der Waals surface area contributed by atoms with E-state index in [1.807, 2.05) is 12.5 Å². The highest BCUT2D eigenvalue weighted by Crippen LogP contribution is 2.44. The average molecular weight is 238 g/mol. The van der Waals surface area contributed by atoms with Gasteiger partial charge in [0.2, 0.25) is 6.29 Å². The summed E-state index contributed by atoms with van der Waals surface area (Å²) in [5.74, 6) is 0. The first-order valence-corrected chi connectivity index (χ1v) is 6.12. The number of nitrogens with zero attached hydrogens (tertiary/aromatic N) is 2. The van der Waals surface area contributed by atoms with Gasteiger partial charge in [-0.2, -0.15) is 0 Å². The van der Waals surface area contributed by atoms with Crippen molar-refractivity contribution >= 4 is 0 Å². The van der Waals surface area contributed by atoms with Crippen LogP contribution in [0.15, 0.2) is 12.5 Å². The first-order valence-electron chi connectivity index (χ1n) is 6.12. The van der Waals surface area contributed by atoms with Crippen molar-refractivity contribution in [2.24, 2.45) is 0 Å². The molecule has 0 spiro atoms. The van der Waals surface area contributed by atoms with Gasteiger partial charge in [0.15, 0.2) is 0 Å². The number of hydrogen-bond acceptors (Lipinski definition) is 3. The molecule has 0 N–H and O–H groups in total. The smallest absolute Gasteiger partial charge is 0.202 e. The molecule has 2 heterocycles. The highest BCUT2D eigenvalue weighted by molar-refractivity contribution is 5.07. The van der Waals surface area contributed by atoms with Gasteiger partial charge in [0.25, 0.3) is 0 Å². The van der Waals surface area contributed by atoms with Crippen molar-refractivity contribution in [2.45, 2.75) is 65.1 Å². The predicted molar refractivity (Wildman–Crippen MR) is 65.7 cm³/mol. The van der Waals surface area contributed by atoms with Crippen molar-refractivity contribution in [3.05, 3.63) is 18.2 Å². The largest absolute Gasteiger partial charge is 0.338 e. The molecule has 0 bridgehead atoms. The van der Waals surface area contributed by atoms with Crippen LogP contribution in [0, 0.1) is 0 Å². The van der Waals surface area contributed by atoms with Gasteiger partial charge < -0.3 is 14.0 Å². The van der Waals surface area contributed by atoms with E-state index in [4.69, 9.17) is 9.47 Å². The Balaban J connectivity index is 2.29. The summed E-state index contributed by atoms with van der Waals surface area (Å²) in [6.45, 7) is 12.5. The zero-order chi connectivity index (χ0) is 12.8. The molecule has 0 radical (unpaired) electrons. The molecule has 0 amide bonds. The number of aromatic nitrogens is 2. The van der Waals surface area contributed by atoms with E-state index in [-0.39, 0.29) is 17.5 Å². The van der Waals surface area contributed by atoms with E-state index in [0.29, 0.717) is 6.04 Å². The van der Waals surface area contributed by atoms with Crippen LogP contribution in [0.5, 0.6) is 0 Å². The minimum atomic E-state index is -0.329. The van der Waals surface area contributed by atoms with Gasteiger partial charge in [0.05, 0.1) is 29.4 Å². The van der Waals surface area contributed by atoms with E-state index < -0.39 is 0 Å². The molecule has 4 nitrogen and oxygen atoms in total. The van der Waals surface area contributed by atoms with E-state index in [0.717, 1.165) is 5.69 Å². The predicted octanol–water partition coefficient (Wildman–Crippen LogP) is 3.07. The van der Waals surface area contributed by atoms with Crippen LogP contribution in [0.3, 0.4) is 0 Å². The Kier molecular flexibility index (Phi) is 2.83. The maximum atomic E-state index is 6.02. The molecule has 17 heavy (non-hydrogen) atoms. The maximum absolute atomic E-state index is 6.02. The van der Waals surface area contributed by atoms with Crippen LogP contribution in [0.4, 0.5) is 0 Å². The molecule has 2 rings (SSSR count). The zero-order valence-corrected chi connectivity index (χ0v) is 11.5. The highest BCUT2D eigenvalue weighted by atomic mass is 16.7. The van der Waals surface area contributed by atoms with E-state index in [2.05, 4.69) is 51.1 Å². The van der Waals surface area contributed by atoms with E-state index in [9.17, 15) is 0 Å². The monoisotopic (exact) mass is 238 g/mol. The average Bonchev–Trinajstić information content (AvgIpc) is 2.69. The molecule has 0 aliphatic carbocycles. The van der Waals surface area contributed by atoms with Gasteiger partial charge >= 0.3 is 0 Å². The molecule has 1 aromatic rings. The summed E-state index contributed by atoms with van der Waals surface area (Å²) in [5.41, 5.74) is 0.381. The minimum Gasteiger partial charge on any atom is -0.338 e. The van der Waals surface area contributed by atoms with Crippen LogP contribution in [0.25, 0.3) is 0 Å². The molecule has 1 fully saturated rings. The zero-order valence-electron chi connectivity index (χ0n) is 11.5. The Morgan fingerprint density at radius 1 is 1.18 bits per heavy atom. The summed E-state index contributed by atoms with van der Waals surface area (Å²) in [4.78, 5) is 4.19. The van der Waals surface area contributed by atoms with Crippen molar-refractivity contribution in [1.29, 1.82) is 0 Å². The van der Waals surface area contributed by atoms with E-state index >= 15 is 0 Å². The summed E-state index contributed by atoms with van der Waals surface area (Å²) >= 11 is 0. The van der Waals surface area contributed by atoms with Crippen LogP contribution in [0.1, 0.15) is 59.6 Å². The fourth-order valence-corrected chi connectivity index (χ4v) is 1.89. The lowest BCUT2D eigenvalue weighted by molar-refractivity contribution is -0.0946. The topological polar surface area (TPSA) is 36.3 Å². The Morgan fingerprint density at radius 3 is 2.18 bits per heavy atom. The maximum Gasteiger partial charge on any atom is 0.202 e. The third-order valence-corrected chi connectivity index (χ3v) is 3.75. The van der Waals surface area contributed by atoms with E-state index in [1.54, 1.807) is 0 Å². The Bertz CT molecular complexity index is 391. The van der Waals surface area contributed by atoms with Gasteiger partial charge in [-0.3, -0.25) is 0 Å². The molecule has 96 valence electrons. The Labute approximate surface area is 103 Å². The molecule has 1 aliphatic heterocycles. The minimum absolute atomic E-state index is 0.302. The number of rotatable bonds is 2. The van der Waals surface area contributed by atoms with Crippen LogP contribution >= 0.6 is 0 Å². The molecular formula is C13H22N2O2. The van der Waals surface area contributed by atoms with Gasteiger partial charge in [0, 0.05) is 6.04 Å². The Morgan fingerprint density at radius 2 is 1.71 bits per heavy atom. The normalized spacial score (nSPS) is 23.5. The Hall–Kier alpha value is -0.870. The lowest BCUT2D eigenvalue weighted by Crippen LogP contribution is -2.41. The highest BCUT2D eigenvalue weighted by Gasteiger charge is 2.50. The van der Waals surface area contributed by atoms with Gasteiger partial charge in [0.1, 0.15) is 0 Å². The number of hydrogen-bond donors (Lipinski definition) is 0. The fourth-order valence-electron chi connectivity index (χ4n) is 1.89. The molecular weight excluding hydrogens is 216 g/mol. The van der Waals surface area contributed by atoms with Crippen LogP contribution in [-0.2, 0) is 9.47 Å². The quantitative estimate of drug-likeness (QED) is 0.794. The lowest BCUT2D eigenvalue weighted by atomic mass is 9.90. The van der Waals surface area contributed by atoms with Gasteiger partial charge in [-0.25, -0.2) is 4.98 Å². The molecule has 0 unspecified atom stereocenters. The summed E-state index contributed by atoms with van der Waals surface area (Å²) in [5, 5.41) is 0. The van der Waals surface area contributed by atoms with Crippen molar-refractivity contribution in [2.75, 3.05) is 0 Å². The number of ether oxygens (including phenoxy) is 2. The molecule has 1 aromatic heterocycles. The van der Waals surface area contributed by atoms with Crippen LogP contribution in [0.2, 0.25) is 0 Å². The molecule has 0 atom stereocenters. The molecule has 4 heteroatoms. The first-order chi connectivity index (χ1) is 7.74. The van der Waals surface area contributed by atoms with Crippen molar-refractivity contribution < 1.29 is 9.47 Å². The third kappa shape index (κ3) is 2.00. The van der Waals surface area contributed by atoms with Gasteiger partial charge in [-0.05, 0) is 41.5 Å². The van der Waals surface area contributed by atoms with Crippen LogP contribution in [-0.4, -0.2) is 20.8 Å². The molecule has 1 aliphatic rings. The van der Waals surface area contributed by atoms with Crippen molar-refractivity contribution in [3.8, 4) is 0 Å². The molecule has 1 saturated heterocycles. The fraction of sp³-hybridized carbons (Fsp3) is 0.769. The first kappa shape index (κ1) is 12.6.